The predicted octanol–water partition coefficient (Wildman–Crippen LogP) is 4.07. The van der Waals surface area contributed by atoms with Gasteiger partial charge in [-0.1, -0.05) is 35.9 Å². The minimum Gasteiger partial charge on any atom is -0.377 e. The molecule has 5 nitrogen and oxygen atoms in total. The SMILES string of the molecule is CN(C)c1cccc2c(S(=O)(=O)N3CCN(c4ccc(Cl)cc4)CC3)cccc12. The highest BCUT2D eigenvalue weighted by Gasteiger charge is 2.30. The molecule has 0 N–H and O–H groups in total. The first kappa shape index (κ1) is 20.0. The van der Waals surface area contributed by atoms with E-state index in [0.717, 1.165) is 22.1 Å². The lowest BCUT2D eigenvalue weighted by Crippen LogP contribution is -2.48. The number of rotatable bonds is 4. The molecule has 0 bridgehead atoms. The van der Waals surface area contributed by atoms with Crippen LogP contribution in [-0.4, -0.2) is 53.0 Å². The summed E-state index contributed by atoms with van der Waals surface area (Å²) < 4.78 is 28.5. The number of sulfonamides is 1. The molecule has 0 unspecified atom stereocenters. The van der Waals surface area contributed by atoms with Gasteiger partial charge in [-0.2, -0.15) is 4.31 Å². The lowest BCUT2D eigenvalue weighted by molar-refractivity contribution is 0.385. The van der Waals surface area contributed by atoms with Crippen LogP contribution >= 0.6 is 11.6 Å². The van der Waals surface area contributed by atoms with Crippen molar-refractivity contribution in [3.05, 3.63) is 65.7 Å². The average molecular weight is 430 g/mol. The van der Waals surface area contributed by atoms with E-state index in [1.54, 1.807) is 10.4 Å². The van der Waals surface area contributed by atoms with E-state index in [1.807, 2.05) is 73.6 Å². The normalized spacial score (nSPS) is 15.6. The lowest BCUT2D eigenvalue weighted by atomic mass is 10.1. The maximum absolute atomic E-state index is 13.4. The summed E-state index contributed by atoms with van der Waals surface area (Å²) in [4.78, 5) is 4.57. The Hall–Kier alpha value is -2.28. The van der Waals surface area contributed by atoms with E-state index in [-0.39, 0.29) is 0 Å². The maximum Gasteiger partial charge on any atom is 0.243 e. The van der Waals surface area contributed by atoms with E-state index in [2.05, 4.69) is 4.90 Å². The number of halogens is 1. The Morgan fingerprint density at radius 3 is 2.10 bits per heavy atom. The predicted molar refractivity (Wildman–Crippen MR) is 121 cm³/mol. The van der Waals surface area contributed by atoms with Crippen LogP contribution in [0, 0.1) is 0 Å². The molecule has 0 spiro atoms. The molecule has 0 aliphatic carbocycles. The van der Waals surface area contributed by atoms with Crippen LogP contribution in [0.15, 0.2) is 65.6 Å². The van der Waals surface area contributed by atoms with Gasteiger partial charge >= 0.3 is 0 Å². The summed E-state index contributed by atoms with van der Waals surface area (Å²) >= 11 is 5.97. The molecule has 3 aromatic rings. The average Bonchev–Trinajstić information content (AvgIpc) is 2.73. The van der Waals surface area contributed by atoms with Gasteiger partial charge in [0.15, 0.2) is 0 Å². The maximum atomic E-state index is 13.4. The van der Waals surface area contributed by atoms with Crippen molar-refractivity contribution in [2.75, 3.05) is 50.1 Å². The molecule has 0 radical (unpaired) electrons. The topological polar surface area (TPSA) is 43.9 Å². The number of hydrogen-bond acceptors (Lipinski definition) is 4. The first-order chi connectivity index (χ1) is 13.9. The van der Waals surface area contributed by atoms with Crippen molar-refractivity contribution < 1.29 is 8.42 Å². The van der Waals surface area contributed by atoms with E-state index in [0.29, 0.717) is 36.1 Å². The fourth-order valence-corrected chi connectivity index (χ4v) is 5.61. The fourth-order valence-electron chi connectivity index (χ4n) is 3.86. The van der Waals surface area contributed by atoms with Gasteiger partial charge in [-0.05, 0) is 36.4 Å². The van der Waals surface area contributed by atoms with E-state index in [1.165, 1.54) is 0 Å². The Morgan fingerprint density at radius 1 is 0.828 bits per heavy atom. The van der Waals surface area contributed by atoms with Crippen LogP contribution in [0.4, 0.5) is 11.4 Å². The Balaban J connectivity index is 1.61. The monoisotopic (exact) mass is 429 g/mol. The number of fused-ring (bicyclic) bond motifs is 1. The molecule has 0 amide bonds. The van der Waals surface area contributed by atoms with Gasteiger partial charge in [0.1, 0.15) is 0 Å². The van der Waals surface area contributed by atoms with Crippen LogP contribution in [0.2, 0.25) is 5.02 Å². The summed E-state index contributed by atoms with van der Waals surface area (Å²) in [5, 5.41) is 2.40. The van der Waals surface area contributed by atoms with Gasteiger partial charge in [0, 0.05) is 67.4 Å². The first-order valence-electron chi connectivity index (χ1n) is 9.57. The Bertz CT molecular complexity index is 1120. The van der Waals surface area contributed by atoms with Crippen LogP contribution in [0.1, 0.15) is 0 Å². The lowest BCUT2D eigenvalue weighted by Gasteiger charge is -2.35. The number of benzene rings is 3. The van der Waals surface area contributed by atoms with Crippen molar-refractivity contribution in [1.82, 2.24) is 4.31 Å². The Labute approximate surface area is 177 Å². The van der Waals surface area contributed by atoms with Crippen molar-refractivity contribution in [2.45, 2.75) is 4.90 Å². The quantitative estimate of drug-likeness (QED) is 0.627. The highest BCUT2D eigenvalue weighted by Crippen LogP contribution is 2.32. The summed E-state index contributed by atoms with van der Waals surface area (Å²) in [6.45, 7) is 2.20. The van der Waals surface area contributed by atoms with Crippen LogP contribution in [0.25, 0.3) is 10.8 Å². The molecule has 29 heavy (non-hydrogen) atoms. The molecule has 1 fully saturated rings. The fraction of sp³-hybridized carbons (Fsp3) is 0.273. The van der Waals surface area contributed by atoms with Crippen molar-refractivity contribution in [2.24, 2.45) is 0 Å². The molecule has 0 atom stereocenters. The van der Waals surface area contributed by atoms with Crippen LogP contribution in [0.5, 0.6) is 0 Å². The Kier molecular flexibility index (Phi) is 5.42. The molecule has 1 aliphatic rings. The van der Waals surface area contributed by atoms with E-state index in [9.17, 15) is 8.42 Å². The highest BCUT2D eigenvalue weighted by atomic mass is 35.5. The second-order valence-electron chi connectivity index (χ2n) is 7.39. The molecule has 0 aromatic heterocycles. The van der Waals surface area contributed by atoms with Gasteiger partial charge in [-0.25, -0.2) is 8.42 Å². The third-order valence-electron chi connectivity index (χ3n) is 5.39. The van der Waals surface area contributed by atoms with E-state index < -0.39 is 10.0 Å². The van der Waals surface area contributed by atoms with Gasteiger partial charge in [0.2, 0.25) is 10.0 Å². The number of anilines is 2. The van der Waals surface area contributed by atoms with E-state index >= 15 is 0 Å². The second-order valence-corrected chi connectivity index (χ2v) is 9.73. The van der Waals surface area contributed by atoms with Gasteiger partial charge in [0.25, 0.3) is 0 Å². The molecule has 1 heterocycles. The van der Waals surface area contributed by atoms with Gasteiger partial charge in [-0.3, -0.25) is 0 Å². The molecule has 152 valence electrons. The zero-order chi connectivity index (χ0) is 20.6. The van der Waals surface area contributed by atoms with Gasteiger partial charge < -0.3 is 9.80 Å². The summed E-state index contributed by atoms with van der Waals surface area (Å²) in [6, 6.07) is 19.0. The van der Waals surface area contributed by atoms with Crippen molar-refractivity contribution >= 4 is 43.8 Å². The van der Waals surface area contributed by atoms with Crippen LogP contribution in [0.3, 0.4) is 0 Å². The van der Waals surface area contributed by atoms with Crippen LogP contribution in [-0.2, 0) is 10.0 Å². The molecular weight excluding hydrogens is 406 g/mol. The third kappa shape index (κ3) is 3.80. The summed E-state index contributed by atoms with van der Waals surface area (Å²) in [7, 11) is 0.352. The van der Waals surface area contributed by atoms with Crippen molar-refractivity contribution in [3.63, 3.8) is 0 Å². The zero-order valence-electron chi connectivity index (χ0n) is 16.5. The smallest absolute Gasteiger partial charge is 0.243 e. The van der Waals surface area contributed by atoms with E-state index in [4.69, 9.17) is 11.6 Å². The highest BCUT2D eigenvalue weighted by molar-refractivity contribution is 7.89. The minimum atomic E-state index is -3.58. The molecule has 4 rings (SSSR count). The van der Waals surface area contributed by atoms with Crippen molar-refractivity contribution in [1.29, 1.82) is 0 Å². The number of piperazine rings is 1. The summed E-state index contributed by atoms with van der Waals surface area (Å²) in [5.74, 6) is 0. The largest absolute Gasteiger partial charge is 0.377 e. The number of hydrogen-bond donors (Lipinski definition) is 0. The molecule has 0 saturated carbocycles. The Morgan fingerprint density at radius 2 is 1.45 bits per heavy atom. The zero-order valence-corrected chi connectivity index (χ0v) is 18.1. The van der Waals surface area contributed by atoms with Gasteiger partial charge in [-0.15, -0.1) is 0 Å². The summed E-state index contributed by atoms with van der Waals surface area (Å²) in [6.07, 6.45) is 0. The standard InChI is InChI=1S/C22H24ClN3O2S/c1-24(2)21-7-3-6-20-19(21)5-4-8-22(20)29(27,28)26-15-13-25(14-16-26)18-11-9-17(23)10-12-18/h3-12H,13-16H2,1-2H3. The molecule has 7 heteroatoms. The molecule has 1 aliphatic heterocycles. The molecular formula is C22H24ClN3O2S. The third-order valence-corrected chi connectivity index (χ3v) is 7.60. The molecule has 1 saturated heterocycles. The van der Waals surface area contributed by atoms with Crippen molar-refractivity contribution in [3.8, 4) is 0 Å². The molecule has 3 aromatic carbocycles. The summed E-state index contributed by atoms with van der Waals surface area (Å²) in [5.41, 5.74) is 2.07. The second kappa shape index (κ2) is 7.86. The minimum absolute atomic E-state index is 0.374. The first-order valence-corrected chi connectivity index (χ1v) is 11.4. The van der Waals surface area contributed by atoms with Gasteiger partial charge in [0.05, 0.1) is 4.90 Å². The van der Waals surface area contributed by atoms with Crippen LogP contribution < -0.4 is 9.80 Å². The number of nitrogens with zero attached hydrogens (tertiary/aromatic N) is 3.